The van der Waals surface area contributed by atoms with Crippen LogP contribution in [-0.4, -0.2) is 52.7 Å². The average Bonchev–Trinajstić information content (AvgIpc) is 3.13. The number of carboxylic acid groups (broad SMARTS) is 1. The molecule has 8 nitrogen and oxygen atoms in total. The molecule has 1 fully saturated rings. The van der Waals surface area contributed by atoms with Gasteiger partial charge >= 0.3 is 5.97 Å². The Hall–Kier alpha value is -2.71. The van der Waals surface area contributed by atoms with Crippen LogP contribution in [0.4, 0.5) is 5.69 Å². The minimum absolute atomic E-state index is 0.0593. The number of anilines is 1. The molecule has 2 aromatic rings. The fourth-order valence-corrected chi connectivity index (χ4v) is 2.72. The average molecular weight is 359 g/mol. The summed E-state index contributed by atoms with van der Waals surface area (Å²) in [4.78, 5) is 23.2. The topological polar surface area (TPSA) is 103 Å². The van der Waals surface area contributed by atoms with Crippen LogP contribution < -0.4 is 5.32 Å². The number of para-hydroxylation sites is 2. The van der Waals surface area contributed by atoms with Gasteiger partial charge in [0.15, 0.2) is 5.69 Å². The number of nitrogens with one attached hydrogen (secondary N) is 1. The van der Waals surface area contributed by atoms with Gasteiger partial charge in [0.2, 0.25) is 5.91 Å². The van der Waals surface area contributed by atoms with Crippen LogP contribution >= 0.6 is 0 Å². The predicted octanol–water partition coefficient (Wildman–Crippen LogP) is 2.09. The summed E-state index contributed by atoms with van der Waals surface area (Å²) < 4.78 is 12.4. The molecule has 0 spiro atoms. The first-order chi connectivity index (χ1) is 12.6. The fraction of sp³-hybridized carbons (Fsp3) is 0.389. The second-order valence-electron chi connectivity index (χ2n) is 5.95. The molecule has 138 valence electrons. The van der Waals surface area contributed by atoms with E-state index < -0.39 is 5.97 Å². The first-order valence-electron chi connectivity index (χ1n) is 8.51. The lowest BCUT2D eigenvalue weighted by atomic mass is 10.1. The van der Waals surface area contributed by atoms with Crippen molar-refractivity contribution in [3.05, 3.63) is 42.2 Å². The monoisotopic (exact) mass is 359 g/mol. The number of nitrogens with zero attached hydrogens (tertiary/aromatic N) is 2. The smallest absolute Gasteiger partial charge is 0.356 e. The van der Waals surface area contributed by atoms with E-state index in [0.29, 0.717) is 31.2 Å². The number of aromatic nitrogens is 2. The molecule has 2 heterocycles. The van der Waals surface area contributed by atoms with Crippen molar-refractivity contribution in [1.29, 1.82) is 0 Å². The maximum atomic E-state index is 12.2. The maximum absolute atomic E-state index is 12.2. The van der Waals surface area contributed by atoms with Crippen LogP contribution in [-0.2, 0) is 14.3 Å². The molecule has 1 aromatic heterocycles. The normalized spacial score (nSPS) is 14.9. The summed E-state index contributed by atoms with van der Waals surface area (Å²) in [6, 6.07) is 8.49. The Morgan fingerprint density at radius 3 is 2.77 bits per heavy atom. The molecule has 0 bridgehead atoms. The SMILES string of the molecule is O=C(CCOC1CCOCC1)Nc1ccccc1-n1ccc(C(=O)O)n1. The molecule has 1 aromatic carbocycles. The number of rotatable bonds is 7. The minimum atomic E-state index is -1.10. The van der Waals surface area contributed by atoms with E-state index in [4.69, 9.17) is 14.6 Å². The van der Waals surface area contributed by atoms with Crippen LogP contribution in [0.2, 0.25) is 0 Å². The molecule has 1 saturated heterocycles. The van der Waals surface area contributed by atoms with Gasteiger partial charge in [0.05, 0.1) is 30.5 Å². The molecule has 1 aliphatic heterocycles. The van der Waals surface area contributed by atoms with Crippen molar-refractivity contribution in [3.8, 4) is 5.69 Å². The van der Waals surface area contributed by atoms with E-state index in [0.717, 1.165) is 12.8 Å². The molecule has 0 radical (unpaired) electrons. The molecule has 0 unspecified atom stereocenters. The predicted molar refractivity (Wildman–Crippen MR) is 93.6 cm³/mol. The number of ether oxygens (including phenoxy) is 2. The fourth-order valence-electron chi connectivity index (χ4n) is 2.72. The molecule has 0 saturated carbocycles. The summed E-state index contributed by atoms with van der Waals surface area (Å²) >= 11 is 0. The summed E-state index contributed by atoms with van der Waals surface area (Å²) in [5.41, 5.74) is 1.10. The van der Waals surface area contributed by atoms with Gasteiger partial charge < -0.3 is 19.9 Å². The van der Waals surface area contributed by atoms with Crippen LogP contribution in [0.1, 0.15) is 29.8 Å². The van der Waals surface area contributed by atoms with Crippen molar-refractivity contribution >= 4 is 17.6 Å². The van der Waals surface area contributed by atoms with E-state index in [2.05, 4.69) is 10.4 Å². The Bertz CT molecular complexity index is 768. The molecule has 3 rings (SSSR count). The van der Waals surface area contributed by atoms with Crippen molar-refractivity contribution in [1.82, 2.24) is 9.78 Å². The number of benzene rings is 1. The summed E-state index contributed by atoms with van der Waals surface area (Å²) in [6.07, 6.45) is 3.65. The standard InChI is InChI=1S/C18H21N3O5/c22-17(8-12-26-13-6-10-25-11-7-13)19-14-3-1-2-4-16(14)21-9-5-15(20-21)18(23)24/h1-5,9,13H,6-8,10-12H2,(H,19,22)(H,23,24). The molecule has 26 heavy (non-hydrogen) atoms. The van der Waals surface area contributed by atoms with Gasteiger partial charge in [-0.15, -0.1) is 0 Å². The van der Waals surface area contributed by atoms with E-state index >= 15 is 0 Å². The lowest BCUT2D eigenvalue weighted by Gasteiger charge is -2.22. The second-order valence-corrected chi connectivity index (χ2v) is 5.95. The zero-order valence-corrected chi connectivity index (χ0v) is 14.3. The Morgan fingerprint density at radius 1 is 1.27 bits per heavy atom. The van der Waals surface area contributed by atoms with Gasteiger partial charge in [0.25, 0.3) is 0 Å². The lowest BCUT2D eigenvalue weighted by Crippen LogP contribution is -2.25. The molecule has 0 atom stereocenters. The zero-order valence-electron chi connectivity index (χ0n) is 14.3. The lowest BCUT2D eigenvalue weighted by molar-refractivity contribution is -0.118. The van der Waals surface area contributed by atoms with Gasteiger partial charge in [0, 0.05) is 19.4 Å². The van der Waals surface area contributed by atoms with Gasteiger partial charge in [-0.05, 0) is 31.0 Å². The van der Waals surface area contributed by atoms with E-state index in [1.54, 1.807) is 30.5 Å². The first kappa shape index (κ1) is 18.1. The molecule has 1 amide bonds. The van der Waals surface area contributed by atoms with Crippen molar-refractivity contribution < 1.29 is 24.2 Å². The Morgan fingerprint density at radius 2 is 2.04 bits per heavy atom. The van der Waals surface area contributed by atoms with Crippen LogP contribution in [0.15, 0.2) is 36.5 Å². The third-order valence-corrected chi connectivity index (χ3v) is 4.08. The van der Waals surface area contributed by atoms with Gasteiger partial charge in [-0.3, -0.25) is 4.79 Å². The van der Waals surface area contributed by atoms with Gasteiger partial charge in [-0.1, -0.05) is 12.1 Å². The number of carbonyl (C=O) groups is 2. The maximum Gasteiger partial charge on any atom is 0.356 e. The first-order valence-corrected chi connectivity index (χ1v) is 8.51. The van der Waals surface area contributed by atoms with Crippen LogP contribution in [0.3, 0.4) is 0 Å². The Kier molecular flexibility index (Phi) is 5.98. The highest BCUT2D eigenvalue weighted by atomic mass is 16.5. The van der Waals surface area contributed by atoms with E-state index in [-0.39, 0.29) is 24.1 Å². The Labute approximate surface area is 150 Å². The van der Waals surface area contributed by atoms with Crippen LogP contribution in [0.5, 0.6) is 0 Å². The third kappa shape index (κ3) is 4.68. The zero-order chi connectivity index (χ0) is 18.4. The summed E-state index contributed by atoms with van der Waals surface area (Å²) in [5, 5.41) is 15.8. The van der Waals surface area contributed by atoms with E-state index in [9.17, 15) is 9.59 Å². The molecule has 1 aliphatic rings. The Balaban J connectivity index is 1.58. The molecule has 2 N–H and O–H groups in total. The van der Waals surface area contributed by atoms with Gasteiger partial charge in [0.1, 0.15) is 0 Å². The largest absolute Gasteiger partial charge is 0.476 e. The highest BCUT2D eigenvalue weighted by Crippen LogP contribution is 2.20. The van der Waals surface area contributed by atoms with Gasteiger partial charge in [-0.2, -0.15) is 5.10 Å². The van der Waals surface area contributed by atoms with Crippen LogP contribution in [0.25, 0.3) is 5.69 Å². The van der Waals surface area contributed by atoms with Crippen molar-refractivity contribution in [2.24, 2.45) is 0 Å². The van der Waals surface area contributed by atoms with E-state index in [1.807, 2.05) is 0 Å². The van der Waals surface area contributed by atoms with Crippen molar-refractivity contribution in [2.75, 3.05) is 25.1 Å². The van der Waals surface area contributed by atoms with Gasteiger partial charge in [-0.25, -0.2) is 9.48 Å². The van der Waals surface area contributed by atoms with Crippen molar-refractivity contribution in [2.45, 2.75) is 25.4 Å². The quantitative estimate of drug-likeness (QED) is 0.785. The summed E-state index contributed by atoms with van der Waals surface area (Å²) in [6.45, 7) is 1.75. The number of carboxylic acids is 1. The molecular formula is C18H21N3O5. The van der Waals surface area contributed by atoms with Crippen molar-refractivity contribution in [3.63, 3.8) is 0 Å². The number of hydrogen-bond acceptors (Lipinski definition) is 5. The highest BCUT2D eigenvalue weighted by Gasteiger charge is 2.15. The molecule has 8 heteroatoms. The number of aromatic carboxylic acids is 1. The molecular weight excluding hydrogens is 338 g/mol. The summed E-state index contributed by atoms with van der Waals surface area (Å²) in [5.74, 6) is -1.27. The summed E-state index contributed by atoms with van der Waals surface area (Å²) in [7, 11) is 0. The second kappa shape index (κ2) is 8.59. The third-order valence-electron chi connectivity index (χ3n) is 4.08. The van der Waals surface area contributed by atoms with Crippen LogP contribution in [0, 0.1) is 0 Å². The number of amides is 1. The highest BCUT2D eigenvalue weighted by molar-refractivity contribution is 5.93. The molecule has 0 aliphatic carbocycles. The van der Waals surface area contributed by atoms with E-state index in [1.165, 1.54) is 10.7 Å². The minimum Gasteiger partial charge on any atom is -0.476 e. The number of carbonyl (C=O) groups excluding carboxylic acids is 1. The number of hydrogen-bond donors (Lipinski definition) is 2.